The molecule has 4 rings (SSSR count). The van der Waals surface area contributed by atoms with Crippen molar-refractivity contribution in [2.24, 2.45) is 11.7 Å². The Bertz CT molecular complexity index is 1060. The first-order valence-electron chi connectivity index (χ1n) is 9.85. The molecule has 2 unspecified atom stereocenters. The van der Waals surface area contributed by atoms with Gasteiger partial charge >= 0.3 is 0 Å². The number of primary amides is 1. The maximum atomic E-state index is 12.9. The Morgan fingerprint density at radius 2 is 2.03 bits per heavy atom. The molecule has 3 heterocycles. The van der Waals surface area contributed by atoms with Gasteiger partial charge in [-0.05, 0) is 54.2 Å². The third-order valence-corrected chi connectivity index (χ3v) is 6.42. The number of aromatic nitrogens is 3. The molecule has 0 bridgehead atoms. The van der Waals surface area contributed by atoms with Gasteiger partial charge < -0.3 is 16.0 Å². The summed E-state index contributed by atoms with van der Waals surface area (Å²) in [6, 6.07) is 12.6. The van der Waals surface area contributed by atoms with Crippen molar-refractivity contribution >= 4 is 40.8 Å². The number of halogens is 1. The van der Waals surface area contributed by atoms with Crippen LogP contribution in [0.2, 0.25) is 5.02 Å². The van der Waals surface area contributed by atoms with Crippen molar-refractivity contribution < 1.29 is 9.59 Å². The second kappa shape index (κ2) is 9.40. The van der Waals surface area contributed by atoms with Gasteiger partial charge in [0.1, 0.15) is 5.82 Å². The van der Waals surface area contributed by atoms with E-state index in [0.29, 0.717) is 35.8 Å². The van der Waals surface area contributed by atoms with Gasteiger partial charge in [0, 0.05) is 30.2 Å². The van der Waals surface area contributed by atoms with E-state index in [2.05, 4.69) is 24.8 Å². The lowest BCUT2D eigenvalue weighted by molar-refractivity contribution is -0.122. The van der Waals surface area contributed by atoms with Crippen molar-refractivity contribution in [1.82, 2.24) is 19.9 Å². The number of amides is 2. The van der Waals surface area contributed by atoms with Gasteiger partial charge in [0.25, 0.3) is 5.91 Å². The molecule has 10 heteroatoms. The molecule has 1 aliphatic rings. The van der Waals surface area contributed by atoms with Gasteiger partial charge in [-0.2, -0.15) is 0 Å². The minimum atomic E-state index is -0.336. The van der Waals surface area contributed by atoms with Crippen molar-refractivity contribution in [1.29, 1.82) is 0 Å². The normalized spacial score (nSPS) is 18.5. The second-order valence-electron chi connectivity index (χ2n) is 7.32. The van der Waals surface area contributed by atoms with Gasteiger partial charge in [0.05, 0.1) is 10.9 Å². The second-order valence-corrected chi connectivity index (χ2v) is 8.54. The van der Waals surface area contributed by atoms with E-state index in [1.807, 2.05) is 30.3 Å². The molecule has 3 N–H and O–H groups in total. The average Bonchev–Trinajstić information content (AvgIpc) is 3.28. The number of rotatable bonds is 6. The van der Waals surface area contributed by atoms with Gasteiger partial charge in [-0.3, -0.25) is 9.59 Å². The third-order valence-electron chi connectivity index (χ3n) is 5.35. The van der Waals surface area contributed by atoms with Crippen LogP contribution >= 0.6 is 23.1 Å². The number of anilines is 1. The fourth-order valence-electron chi connectivity index (χ4n) is 3.71. The Kier molecular flexibility index (Phi) is 6.43. The van der Waals surface area contributed by atoms with Crippen molar-refractivity contribution in [3.63, 3.8) is 0 Å². The number of piperidine rings is 1. The SMILES string of the molecule is NC(=O)C1CCN(c2ccccn2)C(c2snnc2C(=O)NCc2ccc(Cl)cc2)C1. The Hall–Kier alpha value is -3.04. The van der Waals surface area contributed by atoms with Crippen LogP contribution in [0.4, 0.5) is 5.82 Å². The molecule has 0 spiro atoms. The van der Waals surface area contributed by atoms with Crippen LogP contribution in [0.15, 0.2) is 48.7 Å². The summed E-state index contributed by atoms with van der Waals surface area (Å²) in [5, 5.41) is 7.61. The summed E-state index contributed by atoms with van der Waals surface area (Å²) in [4.78, 5) is 32.0. The van der Waals surface area contributed by atoms with E-state index in [-0.39, 0.29) is 29.5 Å². The average molecular weight is 457 g/mol. The maximum Gasteiger partial charge on any atom is 0.273 e. The Labute approximate surface area is 188 Å². The van der Waals surface area contributed by atoms with Crippen molar-refractivity contribution in [2.75, 3.05) is 11.4 Å². The summed E-state index contributed by atoms with van der Waals surface area (Å²) in [5.74, 6) is -0.161. The van der Waals surface area contributed by atoms with E-state index >= 15 is 0 Å². The highest BCUT2D eigenvalue weighted by molar-refractivity contribution is 7.06. The fraction of sp³-hybridized carbons (Fsp3) is 0.286. The zero-order valence-electron chi connectivity index (χ0n) is 16.6. The number of nitrogens with zero attached hydrogens (tertiary/aromatic N) is 4. The number of hydrogen-bond acceptors (Lipinski definition) is 7. The Morgan fingerprint density at radius 1 is 1.23 bits per heavy atom. The van der Waals surface area contributed by atoms with Crippen LogP contribution in [0, 0.1) is 5.92 Å². The van der Waals surface area contributed by atoms with Crippen LogP contribution in [0.5, 0.6) is 0 Å². The van der Waals surface area contributed by atoms with Gasteiger partial charge in [-0.1, -0.05) is 34.3 Å². The number of carbonyl (C=O) groups excluding carboxylic acids is 2. The first kappa shape index (κ1) is 21.2. The molecular weight excluding hydrogens is 436 g/mol. The smallest absolute Gasteiger partial charge is 0.273 e. The highest BCUT2D eigenvalue weighted by Crippen LogP contribution is 2.39. The Balaban J connectivity index is 1.57. The number of nitrogens with two attached hydrogens (primary N) is 1. The van der Waals surface area contributed by atoms with Crippen LogP contribution in [0.3, 0.4) is 0 Å². The largest absolute Gasteiger partial charge is 0.369 e. The lowest BCUT2D eigenvalue weighted by Gasteiger charge is -2.38. The van der Waals surface area contributed by atoms with Crippen molar-refractivity contribution in [3.8, 4) is 0 Å². The minimum absolute atomic E-state index is 0.259. The number of pyridine rings is 1. The molecule has 2 amide bonds. The molecule has 8 nitrogen and oxygen atoms in total. The molecule has 1 saturated heterocycles. The molecule has 2 atom stereocenters. The predicted molar refractivity (Wildman–Crippen MR) is 119 cm³/mol. The van der Waals surface area contributed by atoms with Crippen LogP contribution < -0.4 is 16.0 Å². The van der Waals surface area contributed by atoms with E-state index in [1.165, 1.54) is 0 Å². The molecule has 160 valence electrons. The maximum absolute atomic E-state index is 12.9. The minimum Gasteiger partial charge on any atom is -0.369 e. The standard InChI is InChI=1S/C21H21ClN6O2S/c22-15-6-4-13(5-7-15)12-25-21(30)18-19(31-27-26-18)16-11-14(20(23)29)8-10-28(16)17-3-1-2-9-24-17/h1-7,9,14,16H,8,10-12H2,(H2,23,29)(H,25,30). The first-order chi connectivity index (χ1) is 15.0. The fourth-order valence-corrected chi connectivity index (χ4v) is 4.61. The van der Waals surface area contributed by atoms with Crippen LogP contribution in [-0.4, -0.2) is 32.9 Å². The molecule has 0 saturated carbocycles. The van der Waals surface area contributed by atoms with E-state index < -0.39 is 0 Å². The van der Waals surface area contributed by atoms with Gasteiger partial charge in [-0.25, -0.2) is 4.98 Å². The third kappa shape index (κ3) is 4.83. The van der Waals surface area contributed by atoms with Crippen LogP contribution in [0.1, 0.15) is 39.8 Å². The van der Waals surface area contributed by atoms with Gasteiger partial charge in [0.2, 0.25) is 5.91 Å². The van der Waals surface area contributed by atoms with Gasteiger partial charge in [-0.15, -0.1) is 5.10 Å². The van der Waals surface area contributed by atoms with Crippen LogP contribution in [-0.2, 0) is 11.3 Å². The Morgan fingerprint density at radius 3 is 2.74 bits per heavy atom. The molecule has 1 aliphatic heterocycles. The lowest BCUT2D eigenvalue weighted by Crippen LogP contribution is -2.41. The van der Waals surface area contributed by atoms with E-state index in [9.17, 15) is 9.59 Å². The summed E-state index contributed by atoms with van der Waals surface area (Å²) in [6.07, 6.45) is 2.83. The van der Waals surface area contributed by atoms with E-state index in [4.69, 9.17) is 17.3 Å². The highest BCUT2D eigenvalue weighted by atomic mass is 35.5. The number of hydrogen-bond donors (Lipinski definition) is 2. The zero-order chi connectivity index (χ0) is 21.8. The number of carbonyl (C=O) groups is 2. The molecule has 31 heavy (non-hydrogen) atoms. The summed E-state index contributed by atoms with van der Waals surface area (Å²) in [7, 11) is 0. The van der Waals surface area contributed by atoms with Gasteiger partial charge in [0.15, 0.2) is 5.69 Å². The molecule has 1 fully saturated rings. The first-order valence-corrected chi connectivity index (χ1v) is 11.0. The summed E-state index contributed by atoms with van der Waals surface area (Å²) in [5.41, 5.74) is 6.78. The number of nitrogens with one attached hydrogen (secondary N) is 1. The molecular formula is C21H21ClN6O2S. The van der Waals surface area contributed by atoms with Crippen LogP contribution in [0.25, 0.3) is 0 Å². The predicted octanol–water partition coefficient (Wildman–Crippen LogP) is 2.96. The summed E-state index contributed by atoms with van der Waals surface area (Å²) >= 11 is 7.07. The molecule has 3 aromatic rings. The molecule has 0 aliphatic carbocycles. The highest BCUT2D eigenvalue weighted by Gasteiger charge is 2.36. The van der Waals surface area contributed by atoms with Crippen molar-refractivity contribution in [2.45, 2.75) is 25.4 Å². The summed E-state index contributed by atoms with van der Waals surface area (Å²) in [6.45, 7) is 0.935. The monoisotopic (exact) mass is 456 g/mol. The molecule has 1 aromatic carbocycles. The molecule has 0 radical (unpaired) electrons. The number of benzene rings is 1. The topological polar surface area (TPSA) is 114 Å². The van der Waals surface area contributed by atoms with E-state index in [1.54, 1.807) is 18.3 Å². The quantitative estimate of drug-likeness (QED) is 0.589. The van der Waals surface area contributed by atoms with Crippen molar-refractivity contribution in [3.05, 3.63) is 69.8 Å². The zero-order valence-corrected chi connectivity index (χ0v) is 18.1. The summed E-state index contributed by atoms with van der Waals surface area (Å²) < 4.78 is 4.03. The van der Waals surface area contributed by atoms with E-state index in [0.717, 1.165) is 22.9 Å². The lowest BCUT2D eigenvalue weighted by atomic mass is 9.89. The molecule has 2 aromatic heterocycles.